The Labute approximate surface area is 121 Å². The zero-order chi connectivity index (χ0) is 14.4. The first-order valence-corrected chi connectivity index (χ1v) is 7.80. The number of hydrogen-bond acceptors (Lipinski definition) is 4. The molecule has 4 heteroatoms. The molecule has 0 aliphatic carbocycles. The predicted octanol–water partition coefficient (Wildman–Crippen LogP) is 4.10. The summed E-state index contributed by atoms with van der Waals surface area (Å²) >= 11 is 1.51. The van der Waals surface area contributed by atoms with Crippen LogP contribution >= 0.6 is 11.3 Å². The molecule has 1 aromatic rings. The lowest BCUT2D eigenvalue weighted by Crippen LogP contribution is -2.26. The molecule has 0 saturated heterocycles. The summed E-state index contributed by atoms with van der Waals surface area (Å²) in [6.07, 6.45) is 2.33. The molecular weight excluding hydrogens is 254 g/mol. The quantitative estimate of drug-likeness (QED) is 0.817. The van der Waals surface area contributed by atoms with E-state index in [0.717, 1.165) is 30.9 Å². The number of thiophene rings is 1. The Bertz CT molecular complexity index is 417. The molecule has 0 aromatic carbocycles. The third kappa shape index (κ3) is 5.12. The first kappa shape index (κ1) is 15.8. The third-order valence-corrected chi connectivity index (χ3v) is 4.23. The van der Waals surface area contributed by atoms with E-state index in [1.165, 1.54) is 11.3 Å². The van der Waals surface area contributed by atoms with E-state index in [1.807, 2.05) is 6.07 Å². The van der Waals surface area contributed by atoms with Crippen LogP contribution in [0.1, 0.15) is 45.4 Å². The second-order valence-electron chi connectivity index (χ2n) is 5.83. The third-order valence-electron chi connectivity index (χ3n) is 3.11. The van der Waals surface area contributed by atoms with Crippen molar-refractivity contribution in [1.29, 1.82) is 5.26 Å². The van der Waals surface area contributed by atoms with Crippen LogP contribution in [-0.2, 0) is 0 Å². The molecule has 0 amide bonds. The molecule has 0 spiro atoms. The van der Waals surface area contributed by atoms with Gasteiger partial charge in [-0.05, 0) is 30.7 Å². The average molecular weight is 279 g/mol. The number of hydrogen-bond donors (Lipinski definition) is 1. The zero-order valence-electron chi connectivity index (χ0n) is 12.4. The molecule has 0 bridgehead atoms. The number of nitrogen functional groups attached to an aromatic ring is 1. The topological polar surface area (TPSA) is 53.0 Å². The largest absolute Gasteiger partial charge is 0.397 e. The van der Waals surface area contributed by atoms with Gasteiger partial charge in [-0.2, -0.15) is 5.26 Å². The molecule has 1 heterocycles. The Balaban J connectivity index is 2.78. The Morgan fingerprint density at radius 3 is 2.11 bits per heavy atom. The van der Waals surface area contributed by atoms with Crippen molar-refractivity contribution in [2.24, 2.45) is 11.8 Å². The molecule has 0 saturated carbocycles. The number of rotatable bonds is 7. The van der Waals surface area contributed by atoms with Crippen molar-refractivity contribution in [2.75, 3.05) is 23.7 Å². The number of nitrogens with two attached hydrogens (primary N) is 1. The van der Waals surface area contributed by atoms with Crippen LogP contribution in [0.4, 0.5) is 10.7 Å². The van der Waals surface area contributed by atoms with Gasteiger partial charge in [0, 0.05) is 13.1 Å². The Morgan fingerprint density at radius 2 is 1.74 bits per heavy atom. The maximum atomic E-state index is 9.01. The van der Waals surface area contributed by atoms with Gasteiger partial charge >= 0.3 is 0 Å². The van der Waals surface area contributed by atoms with E-state index in [-0.39, 0.29) is 0 Å². The van der Waals surface area contributed by atoms with E-state index in [4.69, 9.17) is 11.0 Å². The highest BCUT2D eigenvalue weighted by molar-refractivity contribution is 7.17. The van der Waals surface area contributed by atoms with Gasteiger partial charge in [0.1, 0.15) is 10.9 Å². The highest BCUT2D eigenvalue weighted by atomic mass is 32.1. The van der Waals surface area contributed by atoms with Crippen molar-refractivity contribution in [3.63, 3.8) is 0 Å². The van der Waals surface area contributed by atoms with E-state index in [9.17, 15) is 0 Å². The minimum Gasteiger partial charge on any atom is -0.397 e. The van der Waals surface area contributed by atoms with Crippen LogP contribution in [0.5, 0.6) is 0 Å². The Morgan fingerprint density at radius 1 is 1.21 bits per heavy atom. The Hall–Kier alpha value is -1.21. The first-order valence-electron chi connectivity index (χ1n) is 6.98. The van der Waals surface area contributed by atoms with Gasteiger partial charge in [0.2, 0.25) is 0 Å². The lowest BCUT2D eigenvalue weighted by molar-refractivity contribution is 0.537. The first-order chi connectivity index (χ1) is 8.93. The normalized spacial score (nSPS) is 11.0. The molecule has 2 N–H and O–H groups in total. The van der Waals surface area contributed by atoms with Crippen molar-refractivity contribution in [3.05, 3.63) is 10.9 Å². The summed E-state index contributed by atoms with van der Waals surface area (Å²) in [4.78, 5) is 3.01. The zero-order valence-corrected chi connectivity index (χ0v) is 13.3. The van der Waals surface area contributed by atoms with Gasteiger partial charge in [0.05, 0.1) is 10.7 Å². The highest BCUT2D eigenvalue weighted by Gasteiger charge is 2.13. The van der Waals surface area contributed by atoms with Gasteiger partial charge in [-0.25, -0.2) is 0 Å². The molecule has 0 fully saturated rings. The van der Waals surface area contributed by atoms with Gasteiger partial charge in [0.25, 0.3) is 0 Å². The molecule has 1 rings (SSSR count). The van der Waals surface area contributed by atoms with Crippen LogP contribution in [0.25, 0.3) is 0 Å². The summed E-state index contributed by atoms with van der Waals surface area (Å²) in [5.41, 5.74) is 6.48. The standard InChI is InChI=1S/C15H25N3S/c1-11(2)5-7-18(8-6-12(3)4)15-9-13(17)14(10-16)19-15/h9,11-12H,5-8,17H2,1-4H3. The monoisotopic (exact) mass is 279 g/mol. The van der Waals surface area contributed by atoms with E-state index < -0.39 is 0 Å². The molecule has 0 atom stereocenters. The summed E-state index contributed by atoms with van der Waals surface area (Å²) < 4.78 is 0. The van der Waals surface area contributed by atoms with E-state index >= 15 is 0 Å². The fourth-order valence-electron chi connectivity index (χ4n) is 1.80. The highest BCUT2D eigenvalue weighted by Crippen LogP contribution is 2.32. The molecular formula is C15H25N3S. The maximum Gasteiger partial charge on any atom is 0.129 e. The molecule has 0 aliphatic rings. The lowest BCUT2D eigenvalue weighted by atomic mass is 10.1. The second-order valence-corrected chi connectivity index (χ2v) is 6.86. The molecule has 106 valence electrons. The summed E-state index contributed by atoms with van der Waals surface area (Å²) in [6, 6.07) is 4.12. The van der Waals surface area contributed by atoms with Gasteiger partial charge in [-0.1, -0.05) is 27.7 Å². The Kier molecular flexibility index (Phi) is 6.17. The van der Waals surface area contributed by atoms with Crippen LogP contribution < -0.4 is 10.6 Å². The minimum atomic E-state index is 0.613. The summed E-state index contributed by atoms with van der Waals surface area (Å²) in [6.45, 7) is 11.0. The van der Waals surface area contributed by atoms with Gasteiger partial charge < -0.3 is 10.6 Å². The van der Waals surface area contributed by atoms with E-state index in [0.29, 0.717) is 22.4 Å². The van der Waals surface area contributed by atoms with Crippen LogP contribution in [0.15, 0.2) is 6.07 Å². The van der Waals surface area contributed by atoms with Crippen molar-refractivity contribution in [3.8, 4) is 6.07 Å². The number of nitriles is 1. The van der Waals surface area contributed by atoms with Gasteiger partial charge in [-0.3, -0.25) is 0 Å². The maximum absolute atomic E-state index is 9.01. The molecule has 0 radical (unpaired) electrons. The van der Waals surface area contributed by atoms with Crippen LogP contribution in [0, 0.1) is 23.2 Å². The summed E-state index contributed by atoms with van der Waals surface area (Å²) in [5.74, 6) is 1.38. The van der Waals surface area contributed by atoms with Gasteiger partial charge in [0.15, 0.2) is 0 Å². The smallest absolute Gasteiger partial charge is 0.129 e. The van der Waals surface area contributed by atoms with Crippen molar-refractivity contribution >= 4 is 22.0 Å². The number of nitrogens with zero attached hydrogens (tertiary/aromatic N) is 2. The molecule has 3 nitrogen and oxygen atoms in total. The van der Waals surface area contributed by atoms with Crippen LogP contribution in [0.2, 0.25) is 0 Å². The average Bonchev–Trinajstić information content (AvgIpc) is 2.69. The molecule has 0 unspecified atom stereocenters. The van der Waals surface area contributed by atoms with Crippen molar-refractivity contribution in [2.45, 2.75) is 40.5 Å². The molecule has 1 aromatic heterocycles. The van der Waals surface area contributed by atoms with E-state index in [2.05, 4.69) is 38.7 Å². The number of anilines is 2. The molecule has 0 aliphatic heterocycles. The fourth-order valence-corrected chi connectivity index (χ4v) is 2.72. The lowest BCUT2D eigenvalue weighted by Gasteiger charge is -2.24. The summed E-state index contributed by atoms with van der Waals surface area (Å²) in [5, 5.41) is 10.1. The van der Waals surface area contributed by atoms with Crippen molar-refractivity contribution in [1.82, 2.24) is 0 Å². The molecule has 19 heavy (non-hydrogen) atoms. The SMILES string of the molecule is CC(C)CCN(CCC(C)C)c1cc(N)c(C#N)s1. The fraction of sp³-hybridized carbons (Fsp3) is 0.667. The minimum absolute atomic E-state index is 0.613. The van der Waals surface area contributed by atoms with Crippen LogP contribution in [-0.4, -0.2) is 13.1 Å². The predicted molar refractivity (Wildman–Crippen MR) is 84.6 cm³/mol. The van der Waals surface area contributed by atoms with Gasteiger partial charge in [-0.15, -0.1) is 11.3 Å². The van der Waals surface area contributed by atoms with E-state index in [1.54, 1.807) is 0 Å². The van der Waals surface area contributed by atoms with Crippen molar-refractivity contribution < 1.29 is 0 Å². The second kappa shape index (κ2) is 7.40. The summed E-state index contributed by atoms with van der Waals surface area (Å²) in [7, 11) is 0. The van der Waals surface area contributed by atoms with Crippen LogP contribution in [0.3, 0.4) is 0 Å².